The summed E-state index contributed by atoms with van der Waals surface area (Å²) in [6, 6.07) is 0. The number of aliphatic hydroxyl groups excluding tert-OH is 1. The molecule has 0 aliphatic heterocycles. The van der Waals surface area contributed by atoms with Gasteiger partial charge in [0, 0.05) is 21.6 Å². The van der Waals surface area contributed by atoms with E-state index in [-0.39, 0.29) is 27.7 Å². The summed E-state index contributed by atoms with van der Waals surface area (Å²) in [6.07, 6.45) is -1.30. The minimum Gasteiger partial charge on any atom is -0.390 e. The van der Waals surface area contributed by atoms with Crippen LogP contribution >= 0.6 is 31.9 Å². The van der Waals surface area contributed by atoms with Crippen LogP contribution in [0.1, 0.15) is 23.2 Å². The molecule has 0 atom stereocenters. The number of nitrogens with zero attached hydrogens (tertiary/aromatic N) is 1. The number of rotatable bonds is 3. The SMILES string of the molecule is OCc1ncc(Br)c(C(F)F)c1CBr. The number of alkyl halides is 3. The first-order chi connectivity index (χ1) is 6.61. The summed E-state index contributed by atoms with van der Waals surface area (Å²) in [5, 5.41) is 9.15. The molecule has 0 amide bonds. The van der Waals surface area contributed by atoms with E-state index >= 15 is 0 Å². The number of hydrogen-bond donors (Lipinski definition) is 1. The van der Waals surface area contributed by atoms with E-state index in [9.17, 15) is 8.78 Å². The van der Waals surface area contributed by atoms with Crippen LogP contribution in [0.3, 0.4) is 0 Å². The summed E-state index contributed by atoms with van der Waals surface area (Å²) in [4.78, 5) is 3.85. The molecular weight excluding hydrogens is 324 g/mol. The lowest BCUT2D eigenvalue weighted by Gasteiger charge is -2.11. The van der Waals surface area contributed by atoms with Gasteiger partial charge < -0.3 is 5.11 Å². The first-order valence-electron chi connectivity index (χ1n) is 3.73. The summed E-state index contributed by atoms with van der Waals surface area (Å²) >= 11 is 6.10. The Hall–Kier alpha value is -0.0700. The van der Waals surface area contributed by atoms with Gasteiger partial charge in [0.1, 0.15) is 0 Å². The molecule has 1 rings (SSSR count). The van der Waals surface area contributed by atoms with E-state index in [1.807, 2.05) is 0 Å². The number of pyridine rings is 1. The molecule has 0 saturated heterocycles. The first kappa shape index (κ1) is 12.0. The topological polar surface area (TPSA) is 33.1 Å². The second-order valence-electron chi connectivity index (χ2n) is 2.54. The summed E-state index contributed by atoms with van der Waals surface area (Å²) in [7, 11) is 0. The van der Waals surface area contributed by atoms with Gasteiger partial charge in [-0.05, 0) is 21.5 Å². The van der Waals surface area contributed by atoms with Gasteiger partial charge in [-0.15, -0.1) is 0 Å². The highest BCUT2D eigenvalue weighted by atomic mass is 79.9. The summed E-state index contributed by atoms with van der Waals surface area (Å²) in [5.74, 6) is 0. The number of aliphatic hydroxyl groups is 1. The summed E-state index contributed by atoms with van der Waals surface area (Å²) in [5.41, 5.74) is 0.512. The standard InChI is InChI=1S/C8H7Br2F2NO/c9-1-4-6(3-14)13-2-5(10)7(4)8(11)12/h2,8,14H,1,3H2. The van der Waals surface area contributed by atoms with Gasteiger partial charge in [0.15, 0.2) is 0 Å². The molecule has 0 aliphatic rings. The van der Waals surface area contributed by atoms with Gasteiger partial charge in [0.05, 0.1) is 12.3 Å². The molecule has 0 spiro atoms. The van der Waals surface area contributed by atoms with E-state index in [1.54, 1.807) is 0 Å². The van der Waals surface area contributed by atoms with Crippen molar-refractivity contribution in [3.05, 3.63) is 27.5 Å². The number of aromatic nitrogens is 1. The lowest BCUT2D eigenvalue weighted by Crippen LogP contribution is -2.03. The molecule has 0 radical (unpaired) electrons. The fourth-order valence-electron chi connectivity index (χ4n) is 1.10. The van der Waals surface area contributed by atoms with Crippen molar-refractivity contribution in [2.24, 2.45) is 0 Å². The minimum atomic E-state index is -2.58. The lowest BCUT2D eigenvalue weighted by molar-refractivity contribution is 0.149. The molecule has 0 unspecified atom stereocenters. The van der Waals surface area contributed by atoms with Crippen molar-refractivity contribution >= 4 is 31.9 Å². The van der Waals surface area contributed by atoms with Crippen LogP contribution in [0.5, 0.6) is 0 Å². The zero-order valence-electron chi connectivity index (χ0n) is 6.98. The molecule has 0 fully saturated rings. The van der Waals surface area contributed by atoms with Crippen molar-refractivity contribution in [2.45, 2.75) is 18.4 Å². The van der Waals surface area contributed by atoms with Crippen LogP contribution in [-0.2, 0) is 11.9 Å². The smallest absolute Gasteiger partial charge is 0.265 e. The third kappa shape index (κ3) is 2.29. The van der Waals surface area contributed by atoms with E-state index in [0.29, 0.717) is 5.56 Å². The van der Waals surface area contributed by atoms with Crippen molar-refractivity contribution in [3.8, 4) is 0 Å². The van der Waals surface area contributed by atoms with E-state index < -0.39 is 6.43 Å². The van der Waals surface area contributed by atoms with E-state index in [2.05, 4.69) is 36.8 Å². The summed E-state index contributed by atoms with van der Waals surface area (Å²) in [6.45, 7) is -0.339. The fourth-order valence-corrected chi connectivity index (χ4v) is 2.24. The number of halogens is 4. The Bertz CT molecular complexity index is 333. The van der Waals surface area contributed by atoms with Crippen molar-refractivity contribution in [3.63, 3.8) is 0 Å². The van der Waals surface area contributed by atoms with Crippen molar-refractivity contribution in [1.29, 1.82) is 0 Å². The van der Waals surface area contributed by atoms with E-state index in [1.165, 1.54) is 6.20 Å². The Balaban J connectivity index is 3.35. The highest BCUT2D eigenvalue weighted by Crippen LogP contribution is 2.32. The van der Waals surface area contributed by atoms with Crippen molar-refractivity contribution < 1.29 is 13.9 Å². The maximum atomic E-state index is 12.6. The van der Waals surface area contributed by atoms with Crippen molar-refractivity contribution in [1.82, 2.24) is 4.98 Å². The lowest BCUT2D eigenvalue weighted by atomic mass is 10.1. The average Bonchev–Trinajstić information content (AvgIpc) is 2.16. The van der Waals surface area contributed by atoms with Gasteiger partial charge in [-0.3, -0.25) is 4.98 Å². The first-order valence-corrected chi connectivity index (χ1v) is 5.64. The Morgan fingerprint density at radius 1 is 1.50 bits per heavy atom. The molecule has 1 heterocycles. The Kier molecular flexibility index (Phi) is 4.40. The van der Waals surface area contributed by atoms with E-state index in [4.69, 9.17) is 5.11 Å². The second-order valence-corrected chi connectivity index (χ2v) is 3.95. The van der Waals surface area contributed by atoms with Gasteiger partial charge >= 0.3 is 0 Å². The second kappa shape index (κ2) is 5.14. The van der Waals surface area contributed by atoms with Gasteiger partial charge in [0.2, 0.25) is 0 Å². The van der Waals surface area contributed by atoms with Crippen LogP contribution in [-0.4, -0.2) is 10.1 Å². The largest absolute Gasteiger partial charge is 0.390 e. The Morgan fingerprint density at radius 3 is 2.57 bits per heavy atom. The van der Waals surface area contributed by atoms with Gasteiger partial charge in [-0.2, -0.15) is 0 Å². The highest BCUT2D eigenvalue weighted by Gasteiger charge is 2.19. The average molecular weight is 331 g/mol. The predicted octanol–water partition coefficient (Wildman–Crippen LogP) is 3.17. The molecular formula is C8H7Br2F2NO. The molecule has 0 aliphatic carbocycles. The maximum absolute atomic E-state index is 12.6. The third-order valence-electron chi connectivity index (χ3n) is 1.77. The molecule has 0 aromatic carbocycles. The fraction of sp³-hybridized carbons (Fsp3) is 0.375. The van der Waals surface area contributed by atoms with Crippen molar-refractivity contribution in [2.75, 3.05) is 0 Å². The van der Waals surface area contributed by atoms with Crippen LogP contribution in [0, 0.1) is 0 Å². The van der Waals surface area contributed by atoms with Crippen LogP contribution in [0.25, 0.3) is 0 Å². The predicted molar refractivity (Wildman–Crippen MR) is 55.4 cm³/mol. The van der Waals surface area contributed by atoms with Gasteiger partial charge in [-0.25, -0.2) is 8.78 Å². The van der Waals surface area contributed by atoms with Gasteiger partial charge in [0.25, 0.3) is 6.43 Å². The highest BCUT2D eigenvalue weighted by molar-refractivity contribution is 9.10. The van der Waals surface area contributed by atoms with Crippen LogP contribution in [0.15, 0.2) is 10.7 Å². The van der Waals surface area contributed by atoms with Crippen LogP contribution < -0.4 is 0 Å². The number of hydrogen-bond acceptors (Lipinski definition) is 2. The van der Waals surface area contributed by atoms with Crippen LogP contribution in [0.2, 0.25) is 0 Å². The van der Waals surface area contributed by atoms with E-state index in [0.717, 1.165) is 0 Å². The quantitative estimate of drug-likeness (QED) is 0.863. The Morgan fingerprint density at radius 2 is 2.14 bits per heavy atom. The molecule has 0 bridgehead atoms. The zero-order valence-corrected chi connectivity index (χ0v) is 10.1. The zero-order chi connectivity index (χ0) is 10.7. The Labute approximate surface area is 96.6 Å². The molecule has 14 heavy (non-hydrogen) atoms. The normalized spacial score (nSPS) is 11.0. The van der Waals surface area contributed by atoms with Gasteiger partial charge in [-0.1, -0.05) is 15.9 Å². The molecule has 1 aromatic heterocycles. The molecule has 1 aromatic rings. The van der Waals surface area contributed by atoms with Crippen LogP contribution in [0.4, 0.5) is 8.78 Å². The minimum absolute atomic E-state index is 0.110. The maximum Gasteiger partial charge on any atom is 0.265 e. The monoisotopic (exact) mass is 329 g/mol. The third-order valence-corrected chi connectivity index (χ3v) is 2.96. The molecule has 78 valence electrons. The molecule has 0 saturated carbocycles. The molecule has 2 nitrogen and oxygen atoms in total. The molecule has 6 heteroatoms. The molecule has 1 N–H and O–H groups in total. The summed E-state index contributed by atoms with van der Waals surface area (Å²) < 4.78 is 25.5.